The number of Topliss-reactive ketones (excluding diaryl/α,β-unsaturated/α-hetero) is 1. The minimum Gasteiger partial charge on any atom is -0.507 e. The number of rotatable bonds is 6. The van der Waals surface area contributed by atoms with Gasteiger partial charge in [0.15, 0.2) is 0 Å². The predicted octanol–water partition coefficient (Wildman–Crippen LogP) is 5.44. The molecule has 32 heavy (non-hydrogen) atoms. The average molecular weight is 470 g/mol. The third kappa shape index (κ3) is 3.85. The molecule has 8 heteroatoms. The quantitative estimate of drug-likeness (QED) is 0.296. The van der Waals surface area contributed by atoms with Crippen molar-refractivity contribution in [3.05, 3.63) is 81.0 Å². The lowest BCUT2D eigenvalue weighted by Crippen LogP contribution is -2.29. The number of carbonyl (C=O) groups excluding carboxylic acids is 2. The molecule has 1 aliphatic heterocycles. The molecule has 6 nitrogen and oxygen atoms in total. The Kier molecular flexibility index (Phi) is 6.21. The molecule has 0 bridgehead atoms. The van der Waals surface area contributed by atoms with E-state index in [2.05, 4.69) is 0 Å². The van der Waals surface area contributed by atoms with E-state index in [-0.39, 0.29) is 11.3 Å². The Morgan fingerprint density at radius 1 is 1.16 bits per heavy atom. The Labute approximate surface area is 194 Å². The summed E-state index contributed by atoms with van der Waals surface area (Å²) < 4.78 is 10.8. The third-order valence-electron chi connectivity index (χ3n) is 5.09. The fraction of sp³-hybridized carbons (Fsp3) is 0.167. The zero-order valence-corrected chi connectivity index (χ0v) is 18.9. The molecule has 2 heterocycles. The van der Waals surface area contributed by atoms with E-state index in [0.717, 1.165) is 4.88 Å². The third-order valence-corrected chi connectivity index (χ3v) is 6.33. The van der Waals surface area contributed by atoms with E-state index in [9.17, 15) is 14.7 Å². The van der Waals surface area contributed by atoms with Crippen molar-refractivity contribution in [2.24, 2.45) is 0 Å². The Balaban J connectivity index is 1.90. The number of anilines is 1. The highest BCUT2D eigenvalue weighted by molar-refractivity contribution is 7.10. The van der Waals surface area contributed by atoms with Crippen LogP contribution in [0, 0.1) is 0 Å². The molecule has 4 rings (SSSR count). The van der Waals surface area contributed by atoms with Crippen molar-refractivity contribution in [3.63, 3.8) is 0 Å². The van der Waals surface area contributed by atoms with E-state index in [1.807, 2.05) is 24.4 Å². The van der Waals surface area contributed by atoms with Gasteiger partial charge in [0.25, 0.3) is 11.7 Å². The number of hydrogen-bond donors (Lipinski definition) is 1. The van der Waals surface area contributed by atoms with Crippen molar-refractivity contribution in [1.29, 1.82) is 0 Å². The minimum absolute atomic E-state index is 0.00467. The van der Waals surface area contributed by atoms with Gasteiger partial charge in [-0.05, 0) is 48.7 Å². The van der Waals surface area contributed by atoms with Crippen LogP contribution in [0.5, 0.6) is 11.5 Å². The van der Waals surface area contributed by atoms with Gasteiger partial charge in [0.05, 0.1) is 24.3 Å². The largest absolute Gasteiger partial charge is 0.507 e. The van der Waals surface area contributed by atoms with E-state index in [1.54, 1.807) is 42.5 Å². The molecule has 164 valence electrons. The number of nitrogens with zero attached hydrogens (tertiary/aromatic N) is 1. The molecule has 0 radical (unpaired) electrons. The van der Waals surface area contributed by atoms with Gasteiger partial charge in [0, 0.05) is 22.2 Å². The van der Waals surface area contributed by atoms with Gasteiger partial charge in [0.1, 0.15) is 23.3 Å². The van der Waals surface area contributed by atoms with Crippen LogP contribution in [-0.4, -0.2) is 30.5 Å². The van der Waals surface area contributed by atoms with Crippen LogP contribution in [0.2, 0.25) is 5.02 Å². The van der Waals surface area contributed by atoms with Crippen molar-refractivity contribution in [2.75, 3.05) is 18.6 Å². The minimum atomic E-state index is -0.784. The second-order valence-corrected chi connectivity index (χ2v) is 8.35. The number of hydrogen-bond acceptors (Lipinski definition) is 6. The Morgan fingerprint density at radius 2 is 1.97 bits per heavy atom. The standard InChI is InChI=1S/C24H20ClNO5S/c1-3-31-18-12-14(9-10-17(18)25)22(27)20-21(19-8-5-11-32-19)26(24(29)23(20)28)15-6-4-7-16(13-15)30-2/h4-13,21,27H,3H2,1-2H3/b22-20-. The van der Waals surface area contributed by atoms with E-state index in [1.165, 1.54) is 23.3 Å². The number of aliphatic hydroxyl groups excluding tert-OH is 1. The number of aliphatic hydroxyl groups is 1. The number of thiophene rings is 1. The van der Waals surface area contributed by atoms with Crippen LogP contribution in [0.25, 0.3) is 5.76 Å². The first-order valence-electron chi connectivity index (χ1n) is 9.87. The fourth-order valence-electron chi connectivity index (χ4n) is 3.65. The highest BCUT2D eigenvalue weighted by atomic mass is 35.5. The molecule has 1 unspecified atom stereocenters. The highest BCUT2D eigenvalue weighted by Crippen LogP contribution is 2.44. The molecule has 0 spiro atoms. The number of halogens is 1. The van der Waals surface area contributed by atoms with E-state index >= 15 is 0 Å². The van der Waals surface area contributed by atoms with E-state index in [0.29, 0.717) is 34.4 Å². The molecular weight excluding hydrogens is 450 g/mol. The van der Waals surface area contributed by atoms with Gasteiger partial charge in [0.2, 0.25) is 0 Å². The number of ether oxygens (including phenoxy) is 2. The topological polar surface area (TPSA) is 76.1 Å². The molecule has 1 amide bonds. The predicted molar refractivity (Wildman–Crippen MR) is 125 cm³/mol. The summed E-state index contributed by atoms with van der Waals surface area (Å²) in [4.78, 5) is 28.4. The summed E-state index contributed by atoms with van der Waals surface area (Å²) in [6.07, 6.45) is 0. The average Bonchev–Trinajstić information content (AvgIpc) is 3.42. The van der Waals surface area contributed by atoms with Crippen molar-refractivity contribution in [1.82, 2.24) is 0 Å². The first kappa shape index (κ1) is 21.9. The Morgan fingerprint density at radius 3 is 2.66 bits per heavy atom. The monoisotopic (exact) mass is 469 g/mol. The van der Waals surface area contributed by atoms with Crippen LogP contribution in [0.15, 0.2) is 65.6 Å². The SMILES string of the molecule is CCOc1cc(/C(O)=C2/C(=O)C(=O)N(c3cccc(OC)c3)C2c2cccs2)ccc1Cl. The summed E-state index contributed by atoms with van der Waals surface area (Å²) in [5.41, 5.74) is 0.836. The van der Waals surface area contributed by atoms with Gasteiger partial charge in [-0.3, -0.25) is 14.5 Å². The maximum atomic E-state index is 13.1. The molecule has 1 aromatic heterocycles. The van der Waals surface area contributed by atoms with Crippen molar-refractivity contribution in [3.8, 4) is 11.5 Å². The molecule has 1 atom stereocenters. The van der Waals surface area contributed by atoms with Gasteiger partial charge >= 0.3 is 0 Å². The number of ketones is 1. The zero-order chi connectivity index (χ0) is 22.8. The number of benzene rings is 2. The van der Waals surface area contributed by atoms with Crippen LogP contribution in [-0.2, 0) is 9.59 Å². The first-order valence-corrected chi connectivity index (χ1v) is 11.1. The van der Waals surface area contributed by atoms with E-state index < -0.39 is 17.7 Å². The van der Waals surface area contributed by atoms with Crippen LogP contribution < -0.4 is 14.4 Å². The smallest absolute Gasteiger partial charge is 0.300 e. The summed E-state index contributed by atoms with van der Waals surface area (Å²) in [6, 6.07) is 14.5. The second-order valence-electron chi connectivity index (χ2n) is 6.96. The normalized spacial score (nSPS) is 17.6. The summed E-state index contributed by atoms with van der Waals surface area (Å²) in [5, 5.41) is 13.4. The first-order chi connectivity index (χ1) is 15.5. The molecule has 3 aromatic rings. The van der Waals surface area contributed by atoms with Crippen LogP contribution in [0.4, 0.5) is 5.69 Å². The van der Waals surface area contributed by atoms with Crippen molar-refractivity contribution >= 4 is 46.1 Å². The lowest BCUT2D eigenvalue weighted by Gasteiger charge is -2.24. The Hall–Kier alpha value is -3.29. The van der Waals surface area contributed by atoms with Crippen LogP contribution >= 0.6 is 22.9 Å². The number of carbonyl (C=O) groups is 2. The number of amides is 1. The summed E-state index contributed by atoms with van der Waals surface area (Å²) in [7, 11) is 1.53. The molecule has 1 aliphatic rings. The lowest BCUT2D eigenvalue weighted by atomic mass is 9.99. The molecule has 1 N–H and O–H groups in total. The molecular formula is C24H20ClNO5S. The molecule has 1 fully saturated rings. The summed E-state index contributed by atoms with van der Waals surface area (Å²) in [6.45, 7) is 2.21. The van der Waals surface area contributed by atoms with E-state index in [4.69, 9.17) is 21.1 Å². The van der Waals surface area contributed by atoms with Gasteiger partial charge in [-0.15, -0.1) is 11.3 Å². The summed E-state index contributed by atoms with van der Waals surface area (Å²) in [5.74, 6) is -0.847. The maximum Gasteiger partial charge on any atom is 0.300 e. The van der Waals surface area contributed by atoms with Crippen molar-refractivity contribution in [2.45, 2.75) is 13.0 Å². The van der Waals surface area contributed by atoms with Crippen LogP contribution in [0.1, 0.15) is 23.4 Å². The second kappa shape index (κ2) is 9.06. The van der Waals surface area contributed by atoms with Gasteiger partial charge in [-0.2, -0.15) is 0 Å². The highest BCUT2D eigenvalue weighted by Gasteiger charge is 2.47. The molecule has 2 aromatic carbocycles. The molecule has 0 saturated carbocycles. The Bertz CT molecular complexity index is 1200. The van der Waals surface area contributed by atoms with Crippen molar-refractivity contribution < 1.29 is 24.2 Å². The number of methoxy groups -OCH3 is 1. The molecule has 1 saturated heterocycles. The maximum absolute atomic E-state index is 13.1. The lowest BCUT2D eigenvalue weighted by molar-refractivity contribution is -0.132. The molecule has 0 aliphatic carbocycles. The fourth-order valence-corrected chi connectivity index (χ4v) is 4.64. The zero-order valence-electron chi connectivity index (χ0n) is 17.4. The van der Waals surface area contributed by atoms with Gasteiger partial charge < -0.3 is 14.6 Å². The van der Waals surface area contributed by atoms with Gasteiger partial charge in [-0.1, -0.05) is 23.7 Å². The summed E-state index contributed by atoms with van der Waals surface area (Å²) >= 11 is 7.56. The van der Waals surface area contributed by atoms with Gasteiger partial charge in [-0.25, -0.2) is 0 Å². The van der Waals surface area contributed by atoms with Crippen LogP contribution in [0.3, 0.4) is 0 Å².